The number of thioether (sulfide) groups is 1. The van der Waals surface area contributed by atoms with Crippen LogP contribution in [0, 0.1) is 0 Å². The second-order valence-electron chi connectivity index (χ2n) is 5.41. The highest BCUT2D eigenvalue weighted by Crippen LogP contribution is 2.36. The fraction of sp³-hybridized carbons (Fsp3) is 0.250. The molecular weight excluding hydrogens is 368 g/mol. The van der Waals surface area contributed by atoms with Crippen molar-refractivity contribution in [2.24, 2.45) is 0 Å². The average molecular weight is 383 g/mol. The summed E-state index contributed by atoms with van der Waals surface area (Å²) in [5.74, 6) is -0.0351. The van der Waals surface area contributed by atoms with Gasteiger partial charge in [-0.25, -0.2) is 13.4 Å². The summed E-state index contributed by atoms with van der Waals surface area (Å²) in [6.45, 7) is 0. The standard InChI is InChI=1S/C16H15ClN2O3S2/c17-14-6-5-11(9-18-14)10-24(21,22)19-16(20)15-13-4-2-1-3-12(13)7-8-23-15/h1-6,9,15H,7-8,10H2,(H,19,20)/t15-/m0/s1. The highest BCUT2D eigenvalue weighted by molar-refractivity contribution is 8.00. The van der Waals surface area contributed by atoms with Crippen LogP contribution in [0.5, 0.6) is 0 Å². The molecule has 1 aromatic carbocycles. The first-order chi connectivity index (χ1) is 11.4. The van der Waals surface area contributed by atoms with Crippen molar-refractivity contribution >= 4 is 39.3 Å². The van der Waals surface area contributed by atoms with Gasteiger partial charge in [-0.1, -0.05) is 41.9 Å². The predicted octanol–water partition coefficient (Wildman–Crippen LogP) is 2.71. The number of hydrogen-bond acceptors (Lipinski definition) is 5. The third-order valence-corrected chi connectivity index (χ3v) is 6.32. The molecule has 0 saturated carbocycles. The molecule has 1 aliphatic heterocycles. The molecule has 3 rings (SSSR count). The number of carbonyl (C=O) groups excluding carboxylic acids is 1. The summed E-state index contributed by atoms with van der Waals surface area (Å²) < 4.78 is 26.7. The highest BCUT2D eigenvalue weighted by atomic mass is 35.5. The normalized spacial score (nSPS) is 17.1. The Morgan fingerprint density at radius 2 is 2.08 bits per heavy atom. The third kappa shape index (κ3) is 4.09. The van der Waals surface area contributed by atoms with Crippen LogP contribution in [0.3, 0.4) is 0 Å². The maximum Gasteiger partial charge on any atom is 0.251 e. The number of nitrogens with zero attached hydrogens (tertiary/aromatic N) is 1. The van der Waals surface area contributed by atoms with Gasteiger partial charge in [-0.05, 0) is 34.9 Å². The molecule has 5 nitrogen and oxygen atoms in total. The van der Waals surface area contributed by atoms with Crippen LogP contribution in [0.1, 0.15) is 21.9 Å². The second kappa shape index (κ2) is 7.13. The molecule has 0 spiro atoms. The lowest BCUT2D eigenvalue weighted by Gasteiger charge is -2.24. The summed E-state index contributed by atoms with van der Waals surface area (Å²) in [5, 5.41) is -0.219. The van der Waals surface area contributed by atoms with Crippen LogP contribution in [0.2, 0.25) is 5.15 Å². The van der Waals surface area contributed by atoms with Crippen LogP contribution < -0.4 is 4.72 Å². The Morgan fingerprint density at radius 3 is 2.83 bits per heavy atom. The quantitative estimate of drug-likeness (QED) is 0.823. The lowest BCUT2D eigenvalue weighted by molar-refractivity contribution is -0.118. The molecule has 1 aliphatic rings. The second-order valence-corrected chi connectivity index (χ2v) is 8.74. The van der Waals surface area contributed by atoms with E-state index in [2.05, 4.69) is 9.71 Å². The van der Waals surface area contributed by atoms with Crippen molar-refractivity contribution in [3.8, 4) is 0 Å². The van der Waals surface area contributed by atoms with Crippen molar-refractivity contribution in [1.82, 2.24) is 9.71 Å². The molecule has 1 amide bonds. The predicted molar refractivity (Wildman–Crippen MR) is 95.4 cm³/mol. The molecule has 1 aromatic heterocycles. The monoisotopic (exact) mass is 382 g/mol. The minimum Gasteiger partial charge on any atom is -0.272 e. The molecule has 126 valence electrons. The van der Waals surface area contributed by atoms with Crippen LogP contribution in [0.15, 0.2) is 42.6 Å². The van der Waals surface area contributed by atoms with E-state index in [9.17, 15) is 13.2 Å². The fourth-order valence-corrected chi connectivity index (χ4v) is 5.05. The smallest absolute Gasteiger partial charge is 0.251 e. The topological polar surface area (TPSA) is 76.1 Å². The van der Waals surface area contributed by atoms with E-state index >= 15 is 0 Å². The Morgan fingerprint density at radius 1 is 1.29 bits per heavy atom. The number of benzene rings is 1. The van der Waals surface area contributed by atoms with Crippen molar-refractivity contribution in [3.63, 3.8) is 0 Å². The number of aromatic nitrogens is 1. The first-order valence-electron chi connectivity index (χ1n) is 7.29. The summed E-state index contributed by atoms with van der Waals surface area (Å²) in [6, 6.07) is 10.7. The summed E-state index contributed by atoms with van der Waals surface area (Å²) in [7, 11) is -3.79. The number of aryl methyl sites for hydroxylation is 1. The van der Waals surface area contributed by atoms with Gasteiger partial charge >= 0.3 is 0 Å². The number of halogens is 1. The van der Waals surface area contributed by atoms with Crippen molar-refractivity contribution in [1.29, 1.82) is 0 Å². The van der Waals surface area contributed by atoms with Gasteiger partial charge in [0.15, 0.2) is 0 Å². The van der Waals surface area contributed by atoms with Crippen LogP contribution in [-0.4, -0.2) is 25.1 Å². The first-order valence-corrected chi connectivity index (χ1v) is 10.4. The van der Waals surface area contributed by atoms with Gasteiger partial charge in [-0.3, -0.25) is 9.52 Å². The molecule has 0 radical (unpaired) electrons. The number of sulfonamides is 1. The summed E-state index contributed by atoms with van der Waals surface area (Å²) in [4.78, 5) is 16.3. The number of nitrogens with one attached hydrogen (secondary N) is 1. The number of pyridine rings is 1. The van der Waals surface area contributed by atoms with Crippen molar-refractivity contribution in [2.75, 3.05) is 5.75 Å². The average Bonchev–Trinajstić information content (AvgIpc) is 2.55. The van der Waals surface area contributed by atoms with E-state index in [1.807, 2.05) is 24.3 Å². The van der Waals surface area contributed by atoms with E-state index < -0.39 is 21.2 Å². The zero-order valence-electron chi connectivity index (χ0n) is 12.6. The third-order valence-electron chi connectivity index (χ3n) is 3.63. The molecule has 2 heterocycles. The lowest BCUT2D eigenvalue weighted by Crippen LogP contribution is -2.35. The van der Waals surface area contributed by atoms with Crippen LogP contribution in [0.25, 0.3) is 0 Å². The molecule has 0 bridgehead atoms. The maximum atomic E-state index is 12.5. The van der Waals surface area contributed by atoms with E-state index in [0.717, 1.165) is 23.3 Å². The van der Waals surface area contributed by atoms with E-state index in [1.54, 1.807) is 6.07 Å². The fourth-order valence-electron chi connectivity index (χ4n) is 2.57. The van der Waals surface area contributed by atoms with Gasteiger partial charge < -0.3 is 0 Å². The van der Waals surface area contributed by atoms with Gasteiger partial charge in [-0.15, -0.1) is 11.8 Å². The Hall–Kier alpha value is -1.57. The molecule has 0 saturated heterocycles. The van der Waals surface area contributed by atoms with Crippen molar-refractivity contribution < 1.29 is 13.2 Å². The zero-order valence-corrected chi connectivity index (χ0v) is 15.0. The minimum absolute atomic E-state index is 0.287. The Bertz CT molecular complexity index is 854. The van der Waals surface area contributed by atoms with E-state index in [0.29, 0.717) is 5.56 Å². The molecule has 24 heavy (non-hydrogen) atoms. The summed E-state index contributed by atoms with van der Waals surface area (Å²) in [6.07, 6.45) is 2.27. The maximum absolute atomic E-state index is 12.5. The van der Waals surface area contributed by atoms with Gasteiger partial charge in [-0.2, -0.15) is 0 Å². The van der Waals surface area contributed by atoms with E-state index in [4.69, 9.17) is 11.6 Å². The van der Waals surface area contributed by atoms with Crippen LogP contribution >= 0.6 is 23.4 Å². The Labute approximate surface area is 149 Å². The Kier molecular flexibility index (Phi) is 5.12. The molecule has 0 aliphatic carbocycles. The molecule has 1 atom stereocenters. The van der Waals surface area contributed by atoms with Gasteiger partial charge in [0.05, 0.1) is 5.75 Å². The van der Waals surface area contributed by atoms with E-state index in [1.165, 1.54) is 24.0 Å². The largest absolute Gasteiger partial charge is 0.272 e. The molecule has 1 N–H and O–H groups in total. The number of amides is 1. The summed E-state index contributed by atoms with van der Waals surface area (Å²) >= 11 is 7.14. The van der Waals surface area contributed by atoms with Crippen LogP contribution in [-0.2, 0) is 27.0 Å². The van der Waals surface area contributed by atoms with Gasteiger partial charge in [0.1, 0.15) is 10.4 Å². The minimum atomic E-state index is -3.79. The first kappa shape index (κ1) is 17.3. The molecule has 0 fully saturated rings. The van der Waals surface area contributed by atoms with Gasteiger partial charge in [0.2, 0.25) is 10.0 Å². The number of hydrogen-bond donors (Lipinski definition) is 1. The number of carbonyl (C=O) groups is 1. The molecule has 0 unspecified atom stereocenters. The number of fused-ring (bicyclic) bond motifs is 1. The highest BCUT2D eigenvalue weighted by Gasteiger charge is 2.29. The zero-order chi connectivity index (χ0) is 17.2. The van der Waals surface area contributed by atoms with Gasteiger partial charge in [0.25, 0.3) is 5.91 Å². The molecule has 8 heteroatoms. The van der Waals surface area contributed by atoms with Gasteiger partial charge in [0, 0.05) is 6.20 Å². The SMILES string of the molecule is O=C(NS(=O)(=O)Cc1ccc(Cl)nc1)[C@H]1SCCc2ccccc21. The Balaban J connectivity index is 1.73. The van der Waals surface area contributed by atoms with Crippen molar-refractivity contribution in [2.45, 2.75) is 17.4 Å². The van der Waals surface area contributed by atoms with E-state index in [-0.39, 0.29) is 10.9 Å². The summed E-state index contributed by atoms with van der Waals surface area (Å²) in [5.41, 5.74) is 2.45. The molecular formula is C16H15ClN2O3S2. The molecule has 2 aromatic rings. The van der Waals surface area contributed by atoms with Crippen molar-refractivity contribution in [3.05, 3.63) is 64.4 Å². The number of rotatable bonds is 4. The van der Waals surface area contributed by atoms with Crippen LogP contribution in [0.4, 0.5) is 0 Å². The lowest BCUT2D eigenvalue weighted by atomic mass is 10.0.